The molecule has 0 bridgehead atoms. The van der Waals surface area contributed by atoms with Crippen molar-refractivity contribution in [1.82, 2.24) is 10.2 Å². The molecule has 21 heavy (non-hydrogen) atoms. The van der Waals surface area contributed by atoms with Gasteiger partial charge >= 0.3 is 5.97 Å². The summed E-state index contributed by atoms with van der Waals surface area (Å²) in [6, 6.07) is 8.84. The lowest BCUT2D eigenvalue weighted by Crippen LogP contribution is -2.11. The predicted octanol–water partition coefficient (Wildman–Crippen LogP) is 3.57. The topological polar surface area (TPSA) is 72.3 Å². The fourth-order valence-electron chi connectivity index (χ4n) is 1.83. The highest BCUT2D eigenvalue weighted by molar-refractivity contribution is 5.84. The molecule has 1 aromatic carbocycles. The number of carbonyl (C=O) groups is 1. The molecule has 0 aliphatic heterocycles. The maximum Gasteiger partial charge on any atom is 0.356 e. The monoisotopic (exact) mass is 286 g/mol. The van der Waals surface area contributed by atoms with Crippen molar-refractivity contribution in [3.63, 3.8) is 0 Å². The van der Waals surface area contributed by atoms with Gasteiger partial charge in [-0.05, 0) is 35.6 Å². The smallest absolute Gasteiger partial charge is 0.356 e. The van der Waals surface area contributed by atoms with E-state index in [1.807, 2.05) is 19.1 Å². The molecule has 0 aliphatic carbocycles. The Morgan fingerprint density at radius 1 is 1.14 bits per heavy atom. The summed E-state index contributed by atoms with van der Waals surface area (Å²) in [7, 11) is 0. The molecule has 0 aliphatic rings. The van der Waals surface area contributed by atoms with Crippen LogP contribution in [0.1, 0.15) is 42.4 Å². The van der Waals surface area contributed by atoms with Gasteiger partial charge in [0.05, 0.1) is 0 Å². The highest BCUT2D eigenvalue weighted by Crippen LogP contribution is 2.29. The highest BCUT2D eigenvalue weighted by Gasteiger charge is 2.15. The molecule has 5 nitrogen and oxygen atoms in total. The molecule has 0 saturated carbocycles. The summed E-state index contributed by atoms with van der Waals surface area (Å²) in [6.45, 7) is 8.42. The van der Waals surface area contributed by atoms with Gasteiger partial charge in [-0.1, -0.05) is 32.9 Å². The maximum absolute atomic E-state index is 10.7. The van der Waals surface area contributed by atoms with Crippen LogP contribution in [0.25, 0.3) is 0 Å². The van der Waals surface area contributed by atoms with E-state index in [0.717, 1.165) is 5.56 Å². The van der Waals surface area contributed by atoms with E-state index >= 15 is 0 Å². The molecule has 0 amide bonds. The minimum atomic E-state index is -1.11. The van der Waals surface area contributed by atoms with E-state index in [1.165, 1.54) is 17.7 Å². The molecule has 0 unspecified atom stereocenters. The fourth-order valence-corrected chi connectivity index (χ4v) is 1.83. The largest absolute Gasteiger partial charge is 0.476 e. The van der Waals surface area contributed by atoms with Gasteiger partial charge in [0.25, 0.3) is 0 Å². The number of hydrogen-bond acceptors (Lipinski definition) is 4. The van der Waals surface area contributed by atoms with E-state index in [4.69, 9.17) is 9.84 Å². The number of hydrogen-bond donors (Lipinski definition) is 1. The SMILES string of the molecule is Cc1cc(C(C)(C)C)ccc1Oc1ccc(C(=O)O)nn1. The zero-order valence-electron chi connectivity index (χ0n) is 12.5. The highest BCUT2D eigenvalue weighted by atomic mass is 16.5. The summed E-state index contributed by atoms with van der Waals surface area (Å²) in [5.41, 5.74) is 2.18. The molecule has 0 spiro atoms. The minimum absolute atomic E-state index is 0.0756. The molecule has 5 heteroatoms. The molecule has 1 N–H and O–H groups in total. The lowest BCUT2D eigenvalue weighted by atomic mass is 9.86. The van der Waals surface area contributed by atoms with E-state index in [-0.39, 0.29) is 17.0 Å². The van der Waals surface area contributed by atoms with Crippen molar-refractivity contribution in [2.45, 2.75) is 33.1 Å². The van der Waals surface area contributed by atoms with E-state index in [9.17, 15) is 4.79 Å². The lowest BCUT2D eigenvalue weighted by Gasteiger charge is -2.20. The first kappa shape index (κ1) is 15.0. The summed E-state index contributed by atoms with van der Waals surface area (Å²) in [5.74, 6) is -0.160. The third-order valence-corrected chi connectivity index (χ3v) is 3.11. The number of aryl methyl sites for hydroxylation is 1. The van der Waals surface area contributed by atoms with Crippen molar-refractivity contribution < 1.29 is 14.6 Å². The van der Waals surface area contributed by atoms with E-state index in [1.54, 1.807) is 0 Å². The van der Waals surface area contributed by atoms with Gasteiger partial charge in [-0.3, -0.25) is 0 Å². The molecule has 0 saturated heterocycles. The van der Waals surface area contributed by atoms with Crippen molar-refractivity contribution in [3.8, 4) is 11.6 Å². The summed E-state index contributed by atoms with van der Waals surface area (Å²) in [5, 5.41) is 16.1. The van der Waals surface area contributed by atoms with Crippen molar-refractivity contribution in [1.29, 1.82) is 0 Å². The second-order valence-electron chi connectivity index (χ2n) is 5.89. The molecule has 110 valence electrons. The Balaban J connectivity index is 2.22. The van der Waals surface area contributed by atoms with Crippen molar-refractivity contribution in [2.75, 3.05) is 0 Å². The van der Waals surface area contributed by atoms with E-state index in [2.05, 4.69) is 37.0 Å². The molecule has 1 heterocycles. The maximum atomic E-state index is 10.7. The van der Waals surface area contributed by atoms with Crippen molar-refractivity contribution in [3.05, 3.63) is 47.2 Å². The van der Waals surface area contributed by atoms with Gasteiger partial charge in [0, 0.05) is 6.07 Å². The zero-order chi connectivity index (χ0) is 15.6. The summed E-state index contributed by atoms with van der Waals surface area (Å²) in [4.78, 5) is 10.7. The van der Waals surface area contributed by atoms with Gasteiger partial charge in [-0.2, -0.15) is 0 Å². The molecular weight excluding hydrogens is 268 g/mol. The van der Waals surface area contributed by atoms with Gasteiger partial charge in [0.1, 0.15) is 5.75 Å². The first-order chi connectivity index (χ1) is 9.77. The van der Waals surface area contributed by atoms with E-state index in [0.29, 0.717) is 5.75 Å². The average molecular weight is 286 g/mol. The van der Waals surface area contributed by atoms with Crippen LogP contribution in [0.3, 0.4) is 0 Å². The van der Waals surface area contributed by atoms with E-state index < -0.39 is 5.97 Å². The van der Waals surface area contributed by atoms with Crippen LogP contribution in [0.4, 0.5) is 0 Å². The van der Waals surface area contributed by atoms with Crippen LogP contribution in [0.5, 0.6) is 11.6 Å². The molecule has 0 radical (unpaired) electrons. The third-order valence-electron chi connectivity index (χ3n) is 3.11. The van der Waals surface area contributed by atoms with Crippen LogP contribution in [0.15, 0.2) is 30.3 Å². The Hall–Kier alpha value is -2.43. The van der Waals surface area contributed by atoms with Gasteiger partial charge in [0.2, 0.25) is 5.88 Å². The lowest BCUT2D eigenvalue weighted by molar-refractivity contribution is 0.0689. The van der Waals surface area contributed by atoms with Crippen LogP contribution in [0, 0.1) is 6.92 Å². The average Bonchev–Trinajstić information content (AvgIpc) is 2.40. The number of aromatic carboxylic acids is 1. The minimum Gasteiger partial charge on any atom is -0.476 e. The molecule has 0 fully saturated rings. The van der Waals surface area contributed by atoms with Crippen LogP contribution < -0.4 is 4.74 Å². The molecule has 0 atom stereocenters. The number of aromatic nitrogens is 2. The number of carboxylic acid groups (broad SMARTS) is 1. The summed E-state index contributed by atoms with van der Waals surface area (Å²) >= 11 is 0. The van der Waals surface area contributed by atoms with Crippen LogP contribution in [0.2, 0.25) is 0 Å². The predicted molar refractivity (Wildman–Crippen MR) is 78.9 cm³/mol. The molecule has 2 rings (SSSR count). The Labute approximate surface area is 123 Å². The van der Waals surface area contributed by atoms with Crippen LogP contribution >= 0.6 is 0 Å². The summed E-state index contributed by atoms with van der Waals surface area (Å²) in [6.07, 6.45) is 0. The Morgan fingerprint density at radius 2 is 1.86 bits per heavy atom. The van der Waals surface area contributed by atoms with Gasteiger partial charge < -0.3 is 9.84 Å². The summed E-state index contributed by atoms with van der Waals surface area (Å²) < 4.78 is 5.64. The van der Waals surface area contributed by atoms with Crippen LogP contribution in [-0.4, -0.2) is 21.3 Å². The number of nitrogens with zero attached hydrogens (tertiary/aromatic N) is 2. The Morgan fingerprint density at radius 3 is 2.33 bits per heavy atom. The number of rotatable bonds is 3. The van der Waals surface area contributed by atoms with Gasteiger partial charge in [-0.15, -0.1) is 10.2 Å². The normalized spacial score (nSPS) is 11.2. The van der Waals surface area contributed by atoms with Crippen molar-refractivity contribution >= 4 is 5.97 Å². The quantitative estimate of drug-likeness (QED) is 0.933. The van der Waals surface area contributed by atoms with Gasteiger partial charge in [-0.25, -0.2) is 4.79 Å². The zero-order valence-corrected chi connectivity index (χ0v) is 12.5. The second-order valence-corrected chi connectivity index (χ2v) is 5.89. The number of ether oxygens (including phenoxy) is 1. The molecule has 1 aromatic heterocycles. The standard InChI is InChI=1S/C16H18N2O3/c1-10-9-11(16(2,3)4)5-7-13(10)21-14-8-6-12(15(19)20)17-18-14/h5-9H,1-4H3,(H,19,20). The first-order valence-corrected chi connectivity index (χ1v) is 6.63. The first-order valence-electron chi connectivity index (χ1n) is 6.63. The number of carboxylic acids is 1. The Bertz CT molecular complexity index is 658. The Kier molecular flexibility index (Phi) is 3.93. The number of benzene rings is 1. The van der Waals surface area contributed by atoms with Gasteiger partial charge in [0.15, 0.2) is 5.69 Å². The second kappa shape index (κ2) is 5.52. The molecule has 2 aromatic rings. The van der Waals surface area contributed by atoms with Crippen molar-refractivity contribution in [2.24, 2.45) is 0 Å². The third kappa shape index (κ3) is 3.56. The molecular formula is C16H18N2O3. The van der Waals surface area contributed by atoms with Crippen LogP contribution in [-0.2, 0) is 5.41 Å². The fraction of sp³-hybridized carbons (Fsp3) is 0.312.